The van der Waals surface area contributed by atoms with Crippen LogP contribution in [0.1, 0.15) is 66.8 Å². The highest BCUT2D eigenvalue weighted by atomic mass is 14.6. The molecular weight excluding hydrogens is 218 g/mol. The molecule has 0 aliphatic rings. The summed E-state index contributed by atoms with van der Waals surface area (Å²) >= 11 is 0. The summed E-state index contributed by atoms with van der Waals surface area (Å²) < 4.78 is 0. The van der Waals surface area contributed by atoms with Crippen molar-refractivity contribution in [2.24, 2.45) is 5.73 Å². The predicted molar refractivity (Wildman–Crippen MR) is 81.3 cm³/mol. The van der Waals surface area contributed by atoms with Crippen LogP contribution in [0, 0.1) is 27.7 Å². The van der Waals surface area contributed by atoms with Crippen LogP contribution in [0.2, 0.25) is 0 Å². The minimum absolute atomic E-state index is 0.360. The Morgan fingerprint density at radius 3 is 1.94 bits per heavy atom. The molecule has 2 unspecified atom stereocenters. The SMILES string of the molecule is CCC(N)CCC(C)c1c(C)c(C)cc(C)c1C. The van der Waals surface area contributed by atoms with Gasteiger partial charge in [-0.25, -0.2) is 0 Å². The lowest BCUT2D eigenvalue weighted by molar-refractivity contribution is 0.528. The molecule has 0 spiro atoms. The van der Waals surface area contributed by atoms with E-state index in [9.17, 15) is 0 Å². The van der Waals surface area contributed by atoms with E-state index in [2.05, 4.69) is 47.6 Å². The number of hydrogen-bond donors (Lipinski definition) is 1. The van der Waals surface area contributed by atoms with Crippen LogP contribution in [0.4, 0.5) is 0 Å². The molecule has 2 N–H and O–H groups in total. The van der Waals surface area contributed by atoms with Crippen molar-refractivity contribution in [3.05, 3.63) is 33.9 Å². The van der Waals surface area contributed by atoms with Crippen molar-refractivity contribution < 1.29 is 0 Å². The van der Waals surface area contributed by atoms with Crippen molar-refractivity contribution in [2.75, 3.05) is 0 Å². The molecule has 1 aromatic carbocycles. The molecule has 102 valence electrons. The van der Waals surface area contributed by atoms with Crippen LogP contribution in [0.3, 0.4) is 0 Å². The van der Waals surface area contributed by atoms with E-state index in [-0.39, 0.29) is 0 Å². The van der Waals surface area contributed by atoms with Gasteiger partial charge in [0.15, 0.2) is 0 Å². The van der Waals surface area contributed by atoms with Crippen LogP contribution < -0.4 is 5.73 Å². The van der Waals surface area contributed by atoms with Crippen LogP contribution >= 0.6 is 0 Å². The summed E-state index contributed by atoms with van der Waals surface area (Å²) in [5, 5.41) is 0. The van der Waals surface area contributed by atoms with Crippen LogP contribution in [0.25, 0.3) is 0 Å². The Kier molecular flexibility index (Phi) is 5.40. The number of nitrogens with two attached hydrogens (primary N) is 1. The minimum Gasteiger partial charge on any atom is -0.328 e. The molecule has 1 rings (SSSR count). The van der Waals surface area contributed by atoms with Crippen molar-refractivity contribution in [3.8, 4) is 0 Å². The lowest BCUT2D eigenvalue weighted by atomic mass is 9.84. The minimum atomic E-state index is 0.360. The van der Waals surface area contributed by atoms with E-state index < -0.39 is 0 Å². The number of benzene rings is 1. The summed E-state index contributed by atoms with van der Waals surface area (Å²) in [6.07, 6.45) is 3.40. The molecule has 0 aromatic heterocycles. The largest absolute Gasteiger partial charge is 0.328 e. The van der Waals surface area contributed by atoms with Gasteiger partial charge in [-0.15, -0.1) is 0 Å². The average Bonchev–Trinajstić information content (AvgIpc) is 2.33. The van der Waals surface area contributed by atoms with Crippen molar-refractivity contribution >= 4 is 0 Å². The topological polar surface area (TPSA) is 26.0 Å². The van der Waals surface area contributed by atoms with Crippen LogP contribution in [-0.2, 0) is 0 Å². The smallest absolute Gasteiger partial charge is 0.00364 e. The van der Waals surface area contributed by atoms with Gasteiger partial charge < -0.3 is 5.73 Å². The number of rotatable bonds is 5. The van der Waals surface area contributed by atoms with Crippen molar-refractivity contribution in [1.82, 2.24) is 0 Å². The Morgan fingerprint density at radius 2 is 1.50 bits per heavy atom. The zero-order chi connectivity index (χ0) is 13.9. The molecule has 0 radical (unpaired) electrons. The molecule has 0 aliphatic heterocycles. The summed E-state index contributed by atoms with van der Waals surface area (Å²) in [5.41, 5.74) is 13.4. The third-order valence-electron chi connectivity index (χ3n) is 4.41. The maximum atomic E-state index is 6.04. The molecule has 1 nitrogen and oxygen atoms in total. The fourth-order valence-electron chi connectivity index (χ4n) is 2.80. The van der Waals surface area contributed by atoms with Gasteiger partial charge in [-0.2, -0.15) is 0 Å². The predicted octanol–water partition coefficient (Wildman–Crippen LogP) is 4.54. The van der Waals surface area contributed by atoms with Gasteiger partial charge in [-0.05, 0) is 80.7 Å². The Morgan fingerprint density at radius 1 is 1.00 bits per heavy atom. The van der Waals surface area contributed by atoms with Gasteiger partial charge in [-0.1, -0.05) is 19.9 Å². The molecular formula is C17H29N. The standard InChI is InChI=1S/C17H29N/c1-7-16(18)9-8-11(2)17-14(5)12(3)10-13(4)15(17)6/h10-11,16H,7-9,18H2,1-6H3. The molecule has 0 amide bonds. The first kappa shape index (κ1) is 15.2. The molecule has 0 bridgehead atoms. The van der Waals surface area contributed by atoms with Gasteiger partial charge in [0.2, 0.25) is 0 Å². The van der Waals surface area contributed by atoms with Gasteiger partial charge in [0.25, 0.3) is 0 Å². The summed E-state index contributed by atoms with van der Waals surface area (Å²) in [6.45, 7) is 13.5. The van der Waals surface area contributed by atoms with Gasteiger partial charge in [0.05, 0.1) is 0 Å². The molecule has 1 aromatic rings. The van der Waals surface area contributed by atoms with Gasteiger partial charge in [0.1, 0.15) is 0 Å². The molecule has 0 fully saturated rings. The second kappa shape index (κ2) is 6.38. The van der Waals surface area contributed by atoms with E-state index in [0.29, 0.717) is 12.0 Å². The summed E-state index contributed by atoms with van der Waals surface area (Å²) in [4.78, 5) is 0. The van der Waals surface area contributed by atoms with Crippen molar-refractivity contribution in [1.29, 1.82) is 0 Å². The highest BCUT2D eigenvalue weighted by Gasteiger charge is 2.15. The fourth-order valence-corrected chi connectivity index (χ4v) is 2.80. The molecule has 0 saturated carbocycles. The van der Waals surface area contributed by atoms with Crippen molar-refractivity contribution in [2.45, 2.75) is 72.8 Å². The lowest BCUT2D eigenvalue weighted by Crippen LogP contribution is -2.19. The Balaban J connectivity index is 2.94. The zero-order valence-electron chi connectivity index (χ0n) is 12.9. The van der Waals surface area contributed by atoms with Gasteiger partial charge in [-0.3, -0.25) is 0 Å². The van der Waals surface area contributed by atoms with E-state index in [1.165, 1.54) is 28.7 Å². The van der Waals surface area contributed by atoms with Gasteiger partial charge in [0, 0.05) is 6.04 Å². The summed E-state index contributed by atoms with van der Waals surface area (Å²) in [5.74, 6) is 0.612. The van der Waals surface area contributed by atoms with E-state index in [1.54, 1.807) is 5.56 Å². The molecule has 0 saturated heterocycles. The van der Waals surface area contributed by atoms with E-state index in [1.807, 2.05) is 0 Å². The number of hydrogen-bond acceptors (Lipinski definition) is 1. The van der Waals surface area contributed by atoms with Crippen LogP contribution in [0.15, 0.2) is 6.07 Å². The number of aryl methyl sites for hydroxylation is 2. The molecule has 0 aliphatic carbocycles. The third-order valence-corrected chi connectivity index (χ3v) is 4.41. The Bertz CT molecular complexity index is 380. The van der Waals surface area contributed by atoms with Gasteiger partial charge >= 0.3 is 0 Å². The Labute approximate surface area is 113 Å². The second-order valence-corrected chi connectivity index (χ2v) is 5.82. The summed E-state index contributed by atoms with van der Waals surface area (Å²) in [6, 6.07) is 2.66. The normalized spacial score (nSPS) is 14.6. The van der Waals surface area contributed by atoms with Crippen LogP contribution in [0.5, 0.6) is 0 Å². The maximum Gasteiger partial charge on any atom is 0.00364 e. The third kappa shape index (κ3) is 3.35. The monoisotopic (exact) mass is 247 g/mol. The van der Waals surface area contributed by atoms with E-state index in [0.717, 1.165) is 12.8 Å². The maximum absolute atomic E-state index is 6.04. The molecule has 18 heavy (non-hydrogen) atoms. The first-order valence-electron chi connectivity index (χ1n) is 7.21. The highest BCUT2D eigenvalue weighted by molar-refractivity contribution is 5.45. The van der Waals surface area contributed by atoms with E-state index >= 15 is 0 Å². The first-order chi connectivity index (χ1) is 8.38. The summed E-state index contributed by atoms with van der Waals surface area (Å²) in [7, 11) is 0. The zero-order valence-corrected chi connectivity index (χ0v) is 12.9. The molecule has 0 heterocycles. The molecule has 1 heteroatoms. The quantitative estimate of drug-likeness (QED) is 0.812. The van der Waals surface area contributed by atoms with Crippen molar-refractivity contribution in [3.63, 3.8) is 0 Å². The fraction of sp³-hybridized carbons (Fsp3) is 0.647. The van der Waals surface area contributed by atoms with Crippen LogP contribution in [-0.4, -0.2) is 6.04 Å². The second-order valence-electron chi connectivity index (χ2n) is 5.82. The Hall–Kier alpha value is -0.820. The lowest BCUT2D eigenvalue weighted by Gasteiger charge is -2.22. The first-order valence-corrected chi connectivity index (χ1v) is 7.21. The van der Waals surface area contributed by atoms with E-state index in [4.69, 9.17) is 5.73 Å². The molecule has 2 atom stereocenters. The highest BCUT2D eigenvalue weighted by Crippen LogP contribution is 2.31. The average molecular weight is 247 g/mol.